The quantitative estimate of drug-likeness (QED) is 0.926. The van der Waals surface area contributed by atoms with E-state index < -0.39 is 18.2 Å². The molecule has 1 N–H and O–H groups in total. The van der Waals surface area contributed by atoms with E-state index in [2.05, 4.69) is 6.07 Å². The molecule has 20 heavy (non-hydrogen) atoms. The molecule has 1 aromatic rings. The van der Waals surface area contributed by atoms with Gasteiger partial charge in [0, 0.05) is 11.4 Å². The fourth-order valence-corrected chi connectivity index (χ4v) is 3.87. The standard InChI is InChI=1S/C14H17NO4S/c16-13(10-5-6-11(19-10)14(17)18)15-7-1-3-9(15)12-4-2-8-20-12/h2,4,8-11H,1,3,5-7H2,(H,17,18). The second kappa shape index (κ2) is 5.54. The molecular weight excluding hydrogens is 278 g/mol. The van der Waals surface area contributed by atoms with E-state index in [1.54, 1.807) is 11.3 Å². The number of ether oxygens (including phenoxy) is 1. The summed E-state index contributed by atoms with van der Waals surface area (Å²) in [5, 5.41) is 10.9. The Kier molecular flexibility index (Phi) is 3.76. The molecule has 2 aliphatic heterocycles. The van der Waals surface area contributed by atoms with Gasteiger partial charge < -0.3 is 14.7 Å². The number of thiophene rings is 1. The van der Waals surface area contributed by atoms with Gasteiger partial charge in [-0.15, -0.1) is 11.3 Å². The summed E-state index contributed by atoms with van der Waals surface area (Å²) >= 11 is 1.66. The minimum Gasteiger partial charge on any atom is -0.479 e. The molecule has 0 saturated carbocycles. The van der Waals surface area contributed by atoms with Gasteiger partial charge in [0.15, 0.2) is 6.10 Å². The summed E-state index contributed by atoms with van der Waals surface area (Å²) in [6.07, 6.45) is 1.47. The molecule has 3 heterocycles. The SMILES string of the molecule is O=C(O)C1CCC(C(=O)N2CCCC2c2cccs2)O1. The zero-order valence-electron chi connectivity index (χ0n) is 11.0. The second-order valence-corrected chi connectivity index (χ2v) is 6.21. The van der Waals surface area contributed by atoms with Gasteiger partial charge in [-0.1, -0.05) is 6.07 Å². The maximum absolute atomic E-state index is 12.5. The first kappa shape index (κ1) is 13.6. The molecule has 0 spiro atoms. The van der Waals surface area contributed by atoms with Crippen molar-refractivity contribution in [2.75, 3.05) is 6.54 Å². The highest BCUT2D eigenvalue weighted by Crippen LogP contribution is 2.36. The average Bonchev–Trinajstić information content (AvgIpc) is 3.17. The highest BCUT2D eigenvalue weighted by atomic mass is 32.1. The van der Waals surface area contributed by atoms with Crippen LogP contribution in [0.5, 0.6) is 0 Å². The maximum atomic E-state index is 12.5. The minimum absolute atomic E-state index is 0.0512. The third-order valence-electron chi connectivity index (χ3n) is 3.98. The van der Waals surface area contributed by atoms with Gasteiger partial charge in [-0.25, -0.2) is 4.79 Å². The van der Waals surface area contributed by atoms with Crippen molar-refractivity contribution in [1.82, 2.24) is 4.90 Å². The van der Waals surface area contributed by atoms with E-state index in [4.69, 9.17) is 9.84 Å². The Balaban J connectivity index is 1.69. The number of carbonyl (C=O) groups excluding carboxylic acids is 1. The van der Waals surface area contributed by atoms with Crippen LogP contribution < -0.4 is 0 Å². The van der Waals surface area contributed by atoms with Crippen molar-refractivity contribution in [2.45, 2.75) is 43.9 Å². The summed E-state index contributed by atoms with van der Waals surface area (Å²) in [6, 6.07) is 4.18. The molecule has 3 atom stereocenters. The van der Waals surface area contributed by atoms with Gasteiger partial charge in [0.05, 0.1) is 6.04 Å². The van der Waals surface area contributed by atoms with Crippen molar-refractivity contribution in [3.63, 3.8) is 0 Å². The predicted molar refractivity (Wildman–Crippen MR) is 73.5 cm³/mol. The summed E-state index contributed by atoms with van der Waals surface area (Å²) < 4.78 is 5.38. The molecule has 6 heteroatoms. The molecule has 2 aliphatic rings. The van der Waals surface area contributed by atoms with Gasteiger partial charge in [0.25, 0.3) is 5.91 Å². The number of hydrogen-bond acceptors (Lipinski definition) is 4. The van der Waals surface area contributed by atoms with Crippen molar-refractivity contribution in [3.05, 3.63) is 22.4 Å². The van der Waals surface area contributed by atoms with Crippen molar-refractivity contribution in [2.24, 2.45) is 0 Å². The second-order valence-electron chi connectivity index (χ2n) is 5.23. The Morgan fingerprint density at radius 3 is 2.75 bits per heavy atom. The number of likely N-dealkylation sites (tertiary alicyclic amines) is 1. The van der Waals surface area contributed by atoms with Gasteiger partial charge in [-0.05, 0) is 37.1 Å². The first-order valence-electron chi connectivity index (χ1n) is 6.89. The Hall–Kier alpha value is -1.40. The lowest BCUT2D eigenvalue weighted by Gasteiger charge is -2.26. The van der Waals surface area contributed by atoms with Crippen LogP contribution in [0.4, 0.5) is 0 Å². The van der Waals surface area contributed by atoms with Crippen LogP contribution >= 0.6 is 11.3 Å². The van der Waals surface area contributed by atoms with E-state index in [1.807, 2.05) is 16.3 Å². The Labute approximate surface area is 121 Å². The zero-order chi connectivity index (χ0) is 14.1. The van der Waals surface area contributed by atoms with E-state index in [1.165, 1.54) is 4.88 Å². The molecule has 1 aromatic heterocycles. The van der Waals surface area contributed by atoms with Crippen LogP contribution in [0.3, 0.4) is 0 Å². The first-order chi connectivity index (χ1) is 9.66. The van der Waals surface area contributed by atoms with Gasteiger partial charge >= 0.3 is 5.97 Å². The largest absolute Gasteiger partial charge is 0.479 e. The van der Waals surface area contributed by atoms with Gasteiger partial charge in [0.2, 0.25) is 0 Å². The summed E-state index contributed by atoms with van der Waals surface area (Å²) in [5.74, 6) is -1.03. The number of aliphatic carboxylic acids is 1. The number of carboxylic acid groups (broad SMARTS) is 1. The van der Waals surface area contributed by atoms with Crippen LogP contribution in [0.15, 0.2) is 17.5 Å². The number of hydrogen-bond donors (Lipinski definition) is 1. The molecule has 108 valence electrons. The number of carbonyl (C=O) groups is 2. The van der Waals surface area contributed by atoms with E-state index in [0.717, 1.165) is 19.4 Å². The fourth-order valence-electron chi connectivity index (χ4n) is 2.99. The lowest BCUT2D eigenvalue weighted by molar-refractivity contribution is -0.155. The maximum Gasteiger partial charge on any atom is 0.332 e. The predicted octanol–water partition coefficient (Wildman–Crippen LogP) is 2.04. The summed E-state index contributed by atoms with van der Waals surface area (Å²) in [7, 11) is 0. The van der Waals surface area contributed by atoms with E-state index in [9.17, 15) is 9.59 Å². The molecule has 0 radical (unpaired) electrons. The van der Waals surface area contributed by atoms with Crippen LogP contribution in [0, 0.1) is 0 Å². The lowest BCUT2D eigenvalue weighted by Crippen LogP contribution is -2.39. The van der Waals surface area contributed by atoms with E-state index in [-0.39, 0.29) is 11.9 Å². The minimum atomic E-state index is -0.975. The molecule has 1 amide bonds. The zero-order valence-corrected chi connectivity index (χ0v) is 11.8. The van der Waals surface area contributed by atoms with Crippen LogP contribution in [-0.4, -0.2) is 40.6 Å². The summed E-state index contributed by atoms with van der Waals surface area (Å²) in [6.45, 7) is 0.735. The van der Waals surface area contributed by atoms with E-state index in [0.29, 0.717) is 12.8 Å². The molecule has 2 saturated heterocycles. The molecule has 2 fully saturated rings. The van der Waals surface area contributed by atoms with Gasteiger partial charge in [0.1, 0.15) is 6.10 Å². The van der Waals surface area contributed by atoms with Crippen molar-refractivity contribution < 1.29 is 19.4 Å². The van der Waals surface area contributed by atoms with Gasteiger partial charge in [-0.2, -0.15) is 0 Å². The van der Waals surface area contributed by atoms with Gasteiger partial charge in [-0.3, -0.25) is 4.79 Å². The molecule has 3 unspecified atom stereocenters. The number of rotatable bonds is 3. The fraction of sp³-hybridized carbons (Fsp3) is 0.571. The Morgan fingerprint density at radius 1 is 1.30 bits per heavy atom. The Morgan fingerprint density at radius 2 is 2.10 bits per heavy atom. The topological polar surface area (TPSA) is 66.8 Å². The van der Waals surface area contributed by atoms with Crippen LogP contribution in [0.1, 0.15) is 36.6 Å². The average molecular weight is 295 g/mol. The van der Waals surface area contributed by atoms with Crippen LogP contribution in [-0.2, 0) is 14.3 Å². The third kappa shape index (κ3) is 2.45. The highest BCUT2D eigenvalue weighted by molar-refractivity contribution is 7.10. The molecule has 0 bridgehead atoms. The summed E-state index contributed by atoms with van der Waals surface area (Å²) in [4.78, 5) is 26.5. The normalized spacial score (nSPS) is 29.8. The molecule has 5 nitrogen and oxygen atoms in total. The van der Waals surface area contributed by atoms with Crippen LogP contribution in [0.25, 0.3) is 0 Å². The number of amides is 1. The molecular formula is C14H17NO4S. The van der Waals surface area contributed by atoms with E-state index >= 15 is 0 Å². The van der Waals surface area contributed by atoms with Crippen molar-refractivity contribution >= 4 is 23.2 Å². The molecule has 0 aliphatic carbocycles. The smallest absolute Gasteiger partial charge is 0.332 e. The van der Waals surface area contributed by atoms with Crippen molar-refractivity contribution in [1.29, 1.82) is 0 Å². The number of nitrogens with zero attached hydrogens (tertiary/aromatic N) is 1. The highest BCUT2D eigenvalue weighted by Gasteiger charge is 2.40. The molecule has 0 aromatic carbocycles. The third-order valence-corrected chi connectivity index (χ3v) is 4.95. The summed E-state index contributed by atoms with van der Waals surface area (Å²) in [5.41, 5.74) is 0. The monoisotopic (exact) mass is 295 g/mol. The Bertz CT molecular complexity index is 501. The number of carboxylic acids is 1. The lowest BCUT2D eigenvalue weighted by atomic mass is 10.1. The van der Waals surface area contributed by atoms with Crippen molar-refractivity contribution in [3.8, 4) is 0 Å². The first-order valence-corrected chi connectivity index (χ1v) is 7.77. The van der Waals surface area contributed by atoms with Crippen LogP contribution in [0.2, 0.25) is 0 Å². The molecule has 3 rings (SSSR count).